The lowest BCUT2D eigenvalue weighted by Crippen LogP contribution is -2.44. The summed E-state index contributed by atoms with van der Waals surface area (Å²) in [6, 6.07) is -0.635. The van der Waals surface area contributed by atoms with Gasteiger partial charge in [0.05, 0.1) is 0 Å². The van der Waals surface area contributed by atoms with Gasteiger partial charge in [0.1, 0.15) is 0 Å². The lowest BCUT2D eigenvalue weighted by molar-refractivity contribution is -0.133. The van der Waals surface area contributed by atoms with Crippen molar-refractivity contribution in [1.29, 1.82) is 0 Å². The number of carboxylic acids is 1. The zero-order chi connectivity index (χ0) is 15.3. The molecule has 0 bridgehead atoms. The van der Waals surface area contributed by atoms with Crippen molar-refractivity contribution >= 4 is 23.8 Å². The summed E-state index contributed by atoms with van der Waals surface area (Å²) in [5, 5.41) is 13.5. The number of carboxylic acid groups (broad SMARTS) is 1. The van der Waals surface area contributed by atoms with Crippen molar-refractivity contribution in [1.82, 2.24) is 15.5 Å². The first-order valence-corrected chi connectivity index (χ1v) is 6.10. The van der Waals surface area contributed by atoms with Crippen LogP contribution in [0.2, 0.25) is 0 Å². The largest absolute Gasteiger partial charge is 0.478 e. The third kappa shape index (κ3) is 4.08. The monoisotopic (exact) mass is 283 g/mol. The van der Waals surface area contributed by atoms with Crippen LogP contribution in [0, 0.1) is 0 Å². The second-order valence-corrected chi connectivity index (χ2v) is 4.40. The molecule has 1 heterocycles. The number of aliphatic carboxylic acids is 1. The Kier molecular flexibility index (Phi) is 5.24. The SMILES string of the molecule is CC(C(=O)O)=C(C)C(=O)NC(=O)N1CCNC(=O)CC1. The molecule has 1 saturated heterocycles. The highest BCUT2D eigenvalue weighted by atomic mass is 16.4. The van der Waals surface area contributed by atoms with E-state index >= 15 is 0 Å². The summed E-state index contributed by atoms with van der Waals surface area (Å²) < 4.78 is 0. The molecule has 0 aromatic rings. The third-order valence-electron chi connectivity index (χ3n) is 3.04. The first-order valence-electron chi connectivity index (χ1n) is 6.10. The molecule has 8 nitrogen and oxygen atoms in total. The summed E-state index contributed by atoms with van der Waals surface area (Å²) in [5.74, 6) is -2.11. The van der Waals surface area contributed by atoms with Gasteiger partial charge < -0.3 is 15.3 Å². The van der Waals surface area contributed by atoms with E-state index in [2.05, 4.69) is 10.6 Å². The number of amides is 4. The van der Waals surface area contributed by atoms with Crippen LogP contribution in [-0.2, 0) is 14.4 Å². The molecular weight excluding hydrogens is 266 g/mol. The van der Waals surface area contributed by atoms with Crippen molar-refractivity contribution in [3.63, 3.8) is 0 Å². The summed E-state index contributed by atoms with van der Waals surface area (Å²) in [5.41, 5.74) is -0.155. The van der Waals surface area contributed by atoms with E-state index in [9.17, 15) is 19.2 Å². The molecular formula is C12H17N3O5. The highest BCUT2D eigenvalue weighted by molar-refractivity contribution is 6.07. The van der Waals surface area contributed by atoms with Gasteiger partial charge in [-0.15, -0.1) is 0 Å². The lowest BCUT2D eigenvalue weighted by Gasteiger charge is -2.19. The highest BCUT2D eigenvalue weighted by Crippen LogP contribution is 2.04. The van der Waals surface area contributed by atoms with Crippen LogP contribution in [-0.4, -0.2) is 53.5 Å². The second-order valence-electron chi connectivity index (χ2n) is 4.40. The topological polar surface area (TPSA) is 116 Å². The van der Waals surface area contributed by atoms with Crippen LogP contribution in [0.25, 0.3) is 0 Å². The molecule has 0 radical (unpaired) electrons. The maximum Gasteiger partial charge on any atom is 0.331 e. The number of hydrogen-bond acceptors (Lipinski definition) is 4. The number of urea groups is 1. The predicted octanol–water partition coefficient (Wildman–Crippen LogP) is -0.534. The molecule has 1 fully saturated rings. The number of imide groups is 1. The molecule has 1 aliphatic rings. The Bertz CT molecular complexity index is 483. The van der Waals surface area contributed by atoms with Crippen molar-refractivity contribution < 1.29 is 24.3 Å². The van der Waals surface area contributed by atoms with Crippen LogP contribution in [0.1, 0.15) is 20.3 Å². The maximum atomic E-state index is 11.8. The van der Waals surface area contributed by atoms with Gasteiger partial charge >= 0.3 is 12.0 Å². The maximum absolute atomic E-state index is 11.8. The van der Waals surface area contributed by atoms with E-state index in [0.29, 0.717) is 13.1 Å². The molecule has 0 aromatic heterocycles. The minimum Gasteiger partial charge on any atom is -0.478 e. The first kappa shape index (κ1) is 15.7. The van der Waals surface area contributed by atoms with Crippen LogP contribution in [0.4, 0.5) is 4.79 Å². The van der Waals surface area contributed by atoms with Crippen molar-refractivity contribution in [2.45, 2.75) is 20.3 Å². The number of nitrogens with one attached hydrogen (secondary N) is 2. The average Bonchev–Trinajstić information content (AvgIpc) is 2.61. The van der Waals surface area contributed by atoms with Crippen LogP contribution >= 0.6 is 0 Å². The van der Waals surface area contributed by atoms with E-state index in [-0.39, 0.29) is 30.0 Å². The van der Waals surface area contributed by atoms with Crippen LogP contribution in [0.3, 0.4) is 0 Å². The summed E-state index contributed by atoms with van der Waals surface area (Å²) in [7, 11) is 0. The van der Waals surface area contributed by atoms with E-state index in [1.54, 1.807) is 0 Å². The van der Waals surface area contributed by atoms with Gasteiger partial charge in [-0.05, 0) is 13.8 Å². The number of hydrogen-bond donors (Lipinski definition) is 3. The van der Waals surface area contributed by atoms with Crippen molar-refractivity contribution in [2.24, 2.45) is 0 Å². The van der Waals surface area contributed by atoms with Crippen molar-refractivity contribution in [2.75, 3.05) is 19.6 Å². The average molecular weight is 283 g/mol. The number of rotatable bonds is 2. The van der Waals surface area contributed by atoms with Gasteiger partial charge in [0.2, 0.25) is 5.91 Å². The van der Waals surface area contributed by atoms with Crippen LogP contribution < -0.4 is 10.6 Å². The number of nitrogens with zero attached hydrogens (tertiary/aromatic N) is 1. The standard InChI is InChI=1S/C12H17N3O5/c1-7(8(2)11(18)19)10(17)14-12(20)15-5-3-9(16)13-4-6-15/h3-6H2,1-2H3,(H,13,16)(H,18,19)(H,14,17,20). The molecule has 1 aliphatic heterocycles. The molecule has 0 unspecified atom stereocenters. The van der Waals surface area contributed by atoms with Gasteiger partial charge in [-0.3, -0.25) is 14.9 Å². The normalized spacial score (nSPS) is 16.7. The minimum atomic E-state index is -1.21. The molecule has 0 aromatic carbocycles. The molecule has 3 N–H and O–H groups in total. The summed E-state index contributed by atoms with van der Waals surface area (Å²) in [4.78, 5) is 46.8. The number of carbonyl (C=O) groups is 4. The van der Waals surface area contributed by atoms with Gasteiger partial charge in [0.25, 0.3) is 5.91 Å². The van der Waals surface area contributed by atoms with E-state index in [4.69, 9.17) is 5.11 Å². The Labute approximate surface area is 115 Å². The van der Waals surface area contributed by atoms with E-state index < -0.39 is 17.9 Å². The van der Waals surface area contributed by atoms with Crippen LogP contribution in [0.15, 0.2) is 11.1 Å². The van der Waals surface area contributed by atoms with Gasteiger partial charge in [-0.2, -0.15) is 0 Å². The first-order chi connectivity index (χ1) is 9.32. The fraction of sp³-hybridized carbons (Fsp3) is 0.500. The quantitative estimate of drug-likeness (QED) is 0.589. The predicted molar refractivity (Wildman–Crippen MR) is 68.7 cm³/mol. The summed E-state index contributed by atoms with van der Waals surface area (Å²) >= 11 is 0. The Morgan fingerprint density at radius 3 is 2.45 bits per heavy atom. The Balaban J connectivity index is 2.66. The molecule has 0 saturated carbocycles. The van der Waals surface area contributed by atoms with Crippen molar-refractivity contribution in [3.05, 3.63) is 11.1 Å². The smallest absolute Gasteiger partial charge is 0.331 e. The van der Waals surface area contributed by atoms with Gasteiger partial charge in [-0.25, -0.2) is 9.59 Å². The van der Waals surface area contributed by atoms with Crippen LogP contribution in [0.5, 0.6) is 0 Å². The molecule has 0 atom stereocenters. The Morgan fingerprint density at radius 2 is 1.85 bits per heavy atom. The molecule has 0 aliphatic carbocycles. The zero-order valence-electron chi connectivity index (χ0n) is 11.4. The molecule has 20 heavy (non-hydrogen) atoms. The highest BCUT2D eigenvalue weighted by Gasteiger charge is 2.21. The van der Waals surface area contributed by atoms with Gasteiger partial charge in [-0.1, -0.05) is 0 Å². The van der Waals surface area contributed by atoms with Gasteiger partial charge in [0.15, 0.2) is 0 Å². The fourth-order valence-electron chi connectivity index (χ4n) is 1.57. The molecule has 1 rings (SSSR count). The van der Waals surface area contributed by atoms with E-state index in [1.165, 1.54) is 18.7 Å². The van der Waals surface area contributed by atoms with Crippen molar-refractivity contribution in [3.8, 4) is 0 Å². The molecule has 8 heteroatoms. The number of carbonyl (C=O) groups excluding carboxylic acids is 3. The minimum absolute atomic E-state index is 0.0325. The molecule has 0 spiro atoms. The summed E-state index contributed by atoms with van der Waals surface area (Å²) in [6.45, 7) is 3.45. The van der Waals surface area contributed by atoms with Gasteiger partial charge in [0, 0.05) is 37.2 Å². The lowest BCUT2D eigenvalue weighted by atomic mass is 10.1. The zero-order valence-corrected chi connectivity index (χ0v) is 11.4. The fourth-order valence-corrected chi connectivity index (χ4v) is 1.57. The Morgan fingerprint density at radius 1 is 1.20 bits per heavy atom. The van der Waals surface area contributed by atoms with E-state index in [0.717, 1.165) is 0 Å². The third-order valence-corrected chi connectivity index (χ3v) is 3.04. The Hall–Kier alpha value is -2.38. The molecule has 110 valence electrons. The molecule has 4 amide bonds. The summed E-state index contributed by atoms with van der Waals surface area (Å²) in [6.07, 6.45) is 0.171. The second kappa shape index (κ2) is 6.69. The van der Waals surface area contributed by atoms with E-state index in [1.807, 2.05) is 0 Å².